The van der Waals surface area contributed by atoms with E-state index in [1.807, 2.05) is 0 Å². The van der Waals surface area contributed by atoms with Crippen molar-refractivity contribution in [2.75, 3.05) is 0 Å². The van der Waals surface area contributed by atoms with Crippen molar-refractivity contribution in [2.45, 2.75) is 19.3 Å². The van der Waals surface area contributed by atoms with Gasteiger partial charge in [0.15, 0.2) is 23.0 Å². The van der Waals surface area contributed by atoms with E-state index in [0.29, 0.717) is 11.1 Å². The van der Waals surface area contributed by atoms with E-state index < -0.39 is 0 Å². The van der Waals surface area contributed by atoms with E-state index in [4.69, 9.17) is 0 Å². The number of phenolic OH excluding ortho intramolecular Hbond substituents is 4. The summed E-state index contributed by atoms with van der Waals surface area (Å²) >= 11 is 0. The number of hydrazone groups is 2. The van der Waals surface area contributed by atoms with Gasteiger partial charge in [0.05, 0.1) is 12.4 Å². The summed E-state index contributed by atoms with van der Waals surface area (Å²) < 4.78 is 0. The standard InChI is InChI=1S/C19H20N4O6/c24-14-6-4-12(8-16(14)26)10-20-22-18(28)2-1-3-19(29)23-21-11-13-5-7-15(25)17(27)9-13/h4-11,24-27H,1-3H2,(H,22,28)(H,23,29)/b20-10-,21-11-. The lowest BCUT2D eigenvalue weighted by Gasteiger charge is -2.01. The molecular formula is C19H20N4O6. The topological polar surface area (TPSA) is 164 Å². The molecule has 0 saturated heterocycles. The van der Waals surface area contributed by atoms with E-state index in [0.717, 1.165) is 0 Å². The summed E-state index contributed by atoms with van der Waals surface area (Å²) in [5.41, 5.74) is 5.56. The third-order valence-corrected chi connectivity index (χ3v) is 3.61. The Morgan fingerprint density at radius 1 is 0.724 bits per heavy atom. The molecule has 0 spiro atoms. The second-order valence-electron chi connectivity index (χ2n) is 5.94. The molecule has 10 nitrogen and oxygen atoms in total. The molecule has 6 N–H and O–H groups in total. The molecule has 0 aliphatic rings. The minimum absolute atomic E-state index is 0.0706. The van der Waals surface area contributed by atoms with Crippen LogP contribution < -0.4 is 10.9 Å². The Hall–Kier alpha value is -4.08. The number of nitrogens with one attached hydrogen (secondary N) is 2. The van der Waals surface area contributed by atoms with Gasteiger partial charge in [0.2, 0.25) is 11.8 Å². The van der Waals surface area contributed by atoms with Gasteiger partial charge >= 0.3 is 0 Å². The molecule has 0 saturated carbocycles. The molecule has 0 aromatic heterocycles. The fourth-order valence-electron chi connectivity index (χ4n) is 2.12. The van der Waals surface area contributed by atoms with E-state index >= 15 is 0 Å². The van der Waals surface area contributed by atoms with Crippen LogP contribution in [0.5, 0.6) is 23.0 Å². The van der Waals surface area contributed by atoms with E-state index in [9.17, 15) is 30.0 Å². The van der Waals surface area contributed by atoms with E-state index in [2.05, 4.69) is 21.1 Å². The minimum atomic E-state index is -0.389. The van der Waals surface area contributed by atoms with Crippen LogP contribution >= 0.6 is 0 Å². The second-order valence-corrected chi connectivity index (χ2v) is 5.94. The zero-order valence-corrected chi connectivity index (χ0v) is 15.2. The largest absolute Gasteiger partial charge is 0.504 e. The maximum Gasteiger partial charge on any atom is 0.240 e. The first kappa shape index (κ1) is 21.2. The van der Waals surface area contributed by atoms with Crippen LogP contribution in [-0.2, 0) is 9.59 Å². The number of aromatic hydroxyl groups is 4. The Kier molecular flexibility index (Phi) is 7.54. The first-order valence-electron chi connectivity index (χ1n) is 8.53. The van der Waals surface area contributed by atoms with E-state index in [-0.39, 0.29) is 54.1 Å². The summed E-state index contributed by atoms with van der Waals surface area (Å²) in [5, 5.41) is 44.6. The number of hydrogen-bond acceptors (Lipinski definition) is 8. The van der Waals surface area contributed by atoms with Crippen molar-refractivity contribution in [3.63, 3.8) is 0 Å². The number of amides is 2. The van der Waals surface area contributed by atoms with Gasteiger partial charge in [-0.25, -0.2) is 10.9 Å². The highest BCUT2D eigenvalue weighted by atomic mass is 16.3. The number of carbonyl (C=O) groups excluding carboxylic acids is 2. The molecular weight excluding hydrogens is 380 g/mol. The maximum atomic E-state index is 11.7. The Balaban J connectivity index is 1.66. The predicted molar refractivity (Wildman–Crippen MR) is 105 cm³/mol. The first-order chi connectivity index (χ1) is 13.8. The molecule has 0 aliphatic carbocycles. The summed E-state index contributed by atoms with van der Waals surface area (Å²) in [6, 6.07) is 8.18. The van der Waals surface area contributed by atoms with Gasteiger partial charge in [-0.05, 0) is 53.9 Å². The fourth-order valence-corrected chi connectivity index (χ4v) is 2.12. The zero-order chi connectivity index (χ0) is 21.2. The number of phenols is 4. The molecule has 2 aromatic rings. The Morgan fingerprint density at radius 2 is 1.14 bits per heavy atom. The lowest BCUT2D eigenvalue weighted by molar-refractivity contribution is -0.122. The van der Waals surface area contributed by atoms with Crippen molar-refractivity contribution < 1.29 is 30.0 Å². The Labute approximate surface area is 165 Å². The van der Waals surface area contributed by atoms with Crippen LogP contribution in [0.25, 0.3) is 0 Å². The number of hydrogen-bond donors (Lipinski definition) is 6. The van der Waals surface area contributed by atoms with Crippen LogP contribution in [0.3, 0.4) is 0 Å². The van der Waals surface area contributed by atoms with Gasteiger partial charge in [0.1, 0.15) is 0 Å². The summed E-state index contributed by atoms with van der Waals surface area (Å²) in [4.78, 5) is 23.3. The van der Waals surface area contributed by atoms with Crippen LogP contribution in [0.2, 0.25) is 0 Å². The van der Waals surface area contributed by atoms with Crippen LogP contribution in [0, 0.1) is 0 Å². The average molecular weight is 400 g/mol. The van der Waals surface area contributed by atoms with Crippen molar-refractivity contribution in [1.29, 1.82) is 0 Å². The Bertz CT molecular complexity index is 867. The minimum Gasteiger partial charge on any atom is -0.504 e. The van der Waals surface area contributed by atoms with Crippen LogP contribution in [0.1, 0.15) is 30.4 Å². The summed E-state index contributed by atoms with van der Waals surface area (Å²) in [7, 11) is 0. The predicted octanol–water partition coefficient (Wildman–Crippen LogP) is 1.28. The molecule has 0 radical (unpaired) electrons. The fraction of sp³-hybridized carbons (Fsp3) is 0.158. The molecule has 10 heteroatoms. The smallest absolute Gasteiger partial charge is 0.240 e. The molecule has 0 unspecified atom stereocenters. The quantitative estimate of drug-likeness (QED) is 0.222. The van der Waals surface area contributed by atoms with Crippen molar-refractivity contribution in [3.8, 4) is 23.0 Å². The van der Waals surface area contributed by atoms with Gasteiger partial charge in [0, 0.05) is 12.8 Å². The van der Waals surface area contributed by atoms with Crippen molar-refractivity contribution in [3.05, 3.63) is 47.5 Å². The van der Waals surface area contributed by atoms with Gasteiger partial charge in [-0.3, -0.25) is 9.59 Å². The number of nitrogens with zero attached hydrogens (tertiary/aromatic N) is 2. The van der Waals surface area contributed by atoms with Gasteiger partial charge in [-0.15, -0.1) is 0 Å². The Morgan fingerprint density at radius 3 is 1.52 bits per heavy atom. The third kappa shape index (κ3) is 7.21. The summed E-state index contributed by atoms with van der Waals surface area (Å²) in [5.74, 6) is -1.88. The molecule has 2 rings (SSSR count). The van der Waals surface area contributed by atoms with Crippen molar-refractivity contribution >= 4 is 24.2 Å². The van der Waals surface area contributed by atoms with E-state index in [1.54, 1.807) is 0 Å². The second kappa shape index (κ2) is 10.3. The molecule has 0 heterocycles. The monoisotopic (exact) mass is 400 g/mol. The highest BCUT2D eigenvalue weighted by Crippen LogP contribution is 2.24. The first-order valence-corrected chi connectivity index (χ1v) is 8.53. The molecule has 152 valence electrons. The van der Waals surface area contributed by atoms with Crippen LogP contribution in [-0.4, -0.2) is 44.7 Å². The third-order valence-electron chi connectivity index (χ3n) is 3.61. The molecule has 0 atom stereocenters. The van der Waals surface area contributed by atoms with Gasteiger partial charge in [-0.2, -0.15) is 10.2 Å². The number of rotatable bonds is 8. The summed E-state index contributed by atoms with van der Waals surface area (Å²) in [6.07, 6.45) is 3.03. The highest BCUT2D eigenvalue weighted by Gasteiger charge is 2.04. The average Bonchev–Trinajstić information content (AvgIpc) is 2.67. The normalized spacial score (nSPS) is 11.0. The maximum absolute atomic E-state index is 11.7. The van der Waals surface area contributed by atoms with Crippen molar-refractivity contribution in [2.24, 2.45) is 10.2 Å². The molecule has 0 bridgehead atoms. The van der Waals surface area contributed by atoms with E-state index in [1.165, 1.54) is 48.8 Å². The number of benzene rings is 2. The SMILES string of the molecule is O=C(CCCC(=O)N/N=C\c1ccc(O)c(O)c1)N/N=C\c1ccc(O)c(O)c1. The lowest BCUT2D eigenvalue weighted by atomic mass is 10.2. The lowest BCUT2D eigenvalue weighted by Crippen LogP contribution is -2.20. The number of carbonyl (C=O) groups is 2. The molecule has 0 fully saturated rings. The van der Waals surface area contributed by atoms with Gasteiger partial charge in [-0.1, -0.05) is 0 Å². The highest BCUT2D eigenvalue weighted by molar-refractivity contribution is 5.84. The van der Waals surface area contributed by atoms with Gasteiger partial charge in [0.25, 0.3) is 0 Å². The molecule has 29 heavy (non-hydrogen) atoms. The molecule has 0 aliphatic heterocycles. The molecule has 2 aromatic carbocycles. The van der Waals surface area contributed by atoms with Crippen LogP contribution in [0.15, 0.2) is 46.6 Å². The summed E-state index contributed by atoms with van der Waals surface area (Å²) in [6.45, 7) is 0. The van der Waals surface area contributed by atoms with Crippen molar-refractivity contribution in [1.82, 2.24) is 10.9 Å². The van der Waals surface area contributed by atoms with Crippen LogP contribution in [0.4, 0.5) is 0 Å². The molecule has 2 amide bonds. The zero-order valence-electron chi connectivity index (χ0n) is 15.2. The van der Waals surface area contributed by atoms with Gasteiger partial charge < -0.3 is 20.4 Å².